The van der Waals surface area contributed by atoms with Gasteiger partial charge in [0.1, 0.15) is 0 Å². The molecule has 0 aromatic heterocycles. The predicted octanol–water partition coefficient (Wildman–Crippen LogP) is 4.89. The average molecular weight is 291 g/mol. The minimum atomic E-state index is -1.53. The van der Waals surface area contributed by atoms with Gasteiger partial charge in [-0.2, -0.15) is 11.1 Å². The molecule has 0 fully saturated rings. The molecule has 0 unspecified atom stereocenters. The minimum Gasteiger partial charge on any atom is -0.462 e. The highest BCUT2D eigenvalue weighted by molar-refractivity contribution is 7.19. The number of esters is 1. The van der Waals surface area contributed by atoms with E-state index < -0.39 is 7.38 Å². The Hall–Kier alpha value is -0.283. The van der Waals surface area contributed by atoms with Crippen molar-refractivity contribution in [1.82, 2.24) is 0 Å². The molecule has 0 aliphatic rings. The van der Waals surface area contributed by atoms with Gasteiger partial charge in [-0.15, -0.1) is 0 Å². The smallest absolute Gasteiger partial charge is 0.333 e. The molecule has 0 spiro atoms. The molecular formula is C14H27ClO2Si. The van der Waals surface area contributed by atoms with Gasteiger partial charge in [0, 0.05) is 5.57 Å². The van der Waals surface area contributed by atoms with Crippen LogP contribution in [-0.2, 0) is 9.53 Å². The van der Waals surface area contributed by atoms with Crippen LogP contribution in [0.25, 0.3) is 0 Å². The van der Waals surface area contributed by atoms with E-state index in [1.54, 1.807) is 0 Å². The summed E-state index contributed by atoms with van der Waals surface area (Å²) in [4.78, 5) is 11.6. The van der Waals surface area contributed by atoms with Gasteiger partial charge in [-0.25, -0.2) is 4.79 Å². The van der Waals surface area contributed by atoms with Crippen LogP contribution in [0.5, 0.6) is 0 Å². The maximum Gasteiger partial charge on any atom is 0.333 e. The number of hydrogen-bond acceptors (Lipinski definition) is 2. The van der Waals surface area contributed by atoms with Crippen LogP contribution in [-0.4, -0.2) is 20.0 Å². The molecule has 0 aliphatic carbocycles. The number of halogens is 1. The SMILES string of the molecule is C=C(CCCCCC)C(=O)OCCC[Si](C)(C)Cl. The maximum atomic E-state index is 11.6. The second kappa shape index (κ2) is 9.62. The van der Waals surface area contributed by atoms with Crippen molar-refractivity contribution in [2.24, 2.45) is 0 Å². The van der Waals surface area contributed by atoms with E-state index in [-0.39, 0.29) is 5.97 Å². The van der Waals surface area contributed by atoms with Gasteiger partial charge < -0.3 is 4.74 Å². The molecule has 106 valence electrons. The van der Waals surface area contributed by atoms with E-state index in [0.717, 1.165) is 31.7 Å². The molecule has 0 rings (SSSR count). The standard InChI is InChI=1S/C14H27ClO2Si/c1-5-6-7-8-10-13(2)14(16)17-11-9-12-18(3,4)15/h2,5-12H2,1,3-4H3. The number of carbonyl (C=O) groups is 1. The molecule has 4 heteroatoms. The fourth-order valence-corrected chi connectivity index (χ4v) is 3.01. The average Bonchev–Trinajstić information content (AvgIpc) is 2.28. The monoisotopic (exact) mass is 290 g/mol. The zero-order valence-corrected chi connectivity index (χ0v) is 13.8. The fraction of sp³-hybridized carbons (Fsp3) is 0.786. The van der Waals surface area contributed by atoms with Gasteiger partial charge >= 0.3 is 5.97 Å². The fourth-order valence-electron chi connectivity index (χ4n) is 1.63. The van der Waals surface area contributed by atoms with E-state index in [4.69, 9.17) is 15.8 Å². The molecule has 0 radical (unpaired) electrons. The van der Waals surface area contributed by atoms with Crippen molar-refractivity contribution >= 4 is 24.4 Å². The van der Waals surface area contributed by atoms with Crippen LogP contribution in [0.3, 0.4) is 0 Å². The van der Waals surface area contributed by atoms with Crippen molar-refractivity contribution in [2.45, 2.75) is 64.6 Å². The molecule has 0 aliphatic heterocycles. The van der Waals surface area contributed by atoms with Crippen molar-refractivity contribution in [3.05, 3.63) is 12.2 Å². The third kappa shape index (κ3) is 10.8. The lowest BCUT2D eigenvalue weighted by Crippen LogP contribution is -2.17. The Kier molecular flexibility index (Phi) is 9.47. The van der Waals surface area contributed by atoms with Crippen molar-refractivity contribution in [2.75, 3.05) is 6.61 Å². The largest absolute Gasteiger partial charge is 0.462 e. The van der Waals surface area contributed by atoms with E-state index in [1.807, 2.05) is 0 Å². The highest BCUT2D eigenvalue weighted by Crippen LogP contribution is 2.16. The molecule has 0 saturated heterocycles. The zero-order chi connectivity index (χ0) is 14.0. The quantitative estimate of drug-likeness (QED) is 0.188. The number of ether oxygens (including phenoxy) is 1. The summed E-state index contributed by atoms with van der Waals surface area (Å²) < 4.78 is 5.18. The predicted molar refractivity (Wildman–Crippen MR) is 81.6 cm³/mol. The molecule has 0 aromatic rings. The second-order valence-corrected chi connectivity index (χ2v) is 12.4. The van der Waals surface area contributed by atoms with E-state index in [0.29, 0.717) is 12.2 Å². The topological polar surface area (TPSA) is 26.3 Å². The van der Waals surface area contributed by atoms with Gasteiger partial charge in [-0.3, -0.25) is 0 Å². The van der Waals surface area contributed by atoms with E-state index in [9.17, 15) is 4.79 Å². The van der Waals surface area contributed by atoms with Crippen LogP contribution >= 0.6 is 11.1 Å². The lowest BCUT2D eigenvalue weighted by molar-refractivity contribution is -0.139. The molecule has 0 amide bonds. The summed E-state index contributed by atoms with van der Waals surface area (Å²) in [5, 5.41) is 0. The number of carbonyl (C=O) groups excluding carboxylic acids is 1. The first-order valence-electron chi connectivity index (χ1n) is 6.90. The van der Waals surface area contributed by atoms with Gasteiger partial charge in [0.2, 0.25) is 0 Å². The zero-order valence-electron chi connectivity index (χ0n) is 12.1. The Morgan fingerprint density at radius 2 is 1.89 bits per heavy atom. The lowest BCUT2D eigenvalue weighted by Gasteiger charge is -2.12. The molecule has 18 heavy (non-hydrogen) atoms. The van der Waals surface area contributed by atoms with Crippen molar-refractivity contribution < 1.29 is 9.53 Å². The van der Waals surface area contributed by atoms with Crippen LogP contribution in [0.2, 0.25) is 19.1 Å². The van der Waals surface area contributed by atoms with Gasteiger partial charge in [0.05, 0.1) is 6.61 Å². The molecule has 0 N–H and O–H groups in total. The second-order valence-electron chi connectivity index (χ2n) is 5.37. The van der Waals surface area contributed by atoms with Crippen molar-refractivity contribution in [3.8, 4) is 0 Å². The third-order valence-electron chi connectivity index (χ3n) is 2.77. The highest BCUT2D eigenvalue weighted by atomic mass is 35.6. The first kappa shape index (κ1) is 17.7. The Morgan fingerprint density at radius 3 is 2.44 bits per heavy atom. The van der Waals surface area contributed by atoms with Gasteiger partial charge in [-0.05, 0) is 25.3 Å². The first-order chi connectivity index (χ1) is 8.37. The third-order valence-corrected chi connectivity index (χ3v) is 4.88. The van der Waals surface area contributed by atoms with Gasteiger partial charge in [0.25, 0.3) is 0 Å². The van der Waals surface area contributed by atoms with Gasteiger partial charge in [0.15, 0.2) is 7.38 Å². The Labute approximate surface area is 117 Å². The lowest BCUT2D eigenvalue weighted by atomic mass is 10.1. The molecule has 0 aromatic carbocycles. The molecule has 0 bridgehead atoms. The van der Waals surface area contributed by atoms with Crippen molar-refractivity contribution in [3.63, 3.8) is 0 Å². The van der Waals surface area contributed by atoms with Gasteiger partial charge in [-0.1, -0.05) is 45.9 Å². The van der Waals surface area contributed by atoms with E-state index in [2.05, 4.69) is 26.6 Å². The maximum absolute atomic E-state index is 11.6. The Morgan fingerprint density at radius 1 is 1.22 bits per heavy atom. The number of unbranched alkanes of at least 4 members (excludes halogenated alkanes) is 3. The van der Waals surface area contributed by atoms with Crippen LogP contribution in [0.15, 0.2) is 12.2 Å². The Balaban J connectivity index is 3.59. The number of hydrogen-bond donors (Lipinski definition) is 0. The summed E-state index contributed by atoms with van der Waals surface area (Å²) in [5.74, 6) is -0.236. The summed E-state index contributed by atoms with van der Waals surface area (Å²) >= 11 is 6.19. The van der Waals surface area contributed by atoms with Crippen LogP contribution in [0, 0.1) is 0 Å². The number of rotatable bonds is 10. The summed E-state index contributed by atoms with van der Waals surface area (Å²) in [7, 11) is -1.53. The molecule has 0 heterocycles. The van der Waals surface area contributed by atoms with E-state index >= 15 is 0 Å². The first-order valence-corrected chi connectivity index (χ1v) is 11.1. The summed E-state index contributed by atoms with van der Waals surface area (Å²) in [5.41, 5.74) is 0.605. The molecule has 0 atom stereocenters. The molecular weight excluding hydrogens is 264 g/mol. The highest BCUT2D eigenvalue weighted by Gasteiger charge is 2.16. The molecule has 2 nitrogen and oxygen atoms in total. The van der Waals surface area contributed by atoms with Crippen molar-refractivity contribution in [1.29, 1.82) is 0 Å². The summed E-state index contributed by atoms with van der Waals surface area (Å²) in [6.07, 6.45) is 6.23. The van der Waals surface area contributed by atoms with Crippen LogP contribution in [0.4, 0.5) is 0 Å². The van der Waals surface area contributed by atoms with E-state index in [1.165, 1.54) is 12.8 Å². The Bertz CT molecular complexity index is 259. The van der Waals surface area contributed by atoms with Crippen LogP contribution in [0.1, 0.15) is 45.4 Å². The minimum absolute atomic E-state index is 0.236. The summed E-state index contributed by atoms with van der Waals surface area (Å²) in [6.45, 7) is 10.6. The summed E-state index contributed by atoms with van der Waals surface area (Å²) in [6, 6.07) is 0.977. The normalized spacial score (nSPS) is 11.3. The van der Waals surface area contributed by atoms with Crippen LogP contribution < -0.4 is 0 Å². The molecule has 0 saturated carbocycles.